The summed E-state index contributed by atoms with van der Waals surface area (Å²) in [4.78, 5) is 35.0. The Bertz CT molecular complexity index is 554. The molecule has 0 radical (unpaired) electrons. The summed E-state index contributed by atoms with van der Waals surface area (Å²) >= 11 is 0. The van der Waals surface area contributed by atoms with Crippen LogP contribution in [0.2, 0.25) is 0 Å². The van der Waals surface area contributed by atoms with Crippen LogP contribution in [0.5, 0.6) is 0 Å². The summed E-state index contributed by atoms with van der Waals surface area (Å²) < 4.78 is 13.1. The van der Waals surface area contributed by atoms with Crippen LogP contribution in [0.15, 0.2) is 12.1 Å². The van der Waals surface area contributed by atoms with E-state index in [1.807, 2.05) is 0 Å². The standard InChI is InChI=1S/C11H9FN2O3/c1-5-2-6(12)3-7-9(5)14(4-8(13)15)11(17)10(7)16/h2-3H,4H2,1H3,(H2,13,15). The number of nitrogens with two attached hydrogens (primary N) is 1. The van der Waals surface area contributed by atoms with Crippen LogP contribution in [-0.4, -0.2) is 24.1 Å². The van der Waals surface area contributed by atoms with Crippen LogP contribution in [0.25, 0.3) is 0 Å². The largest absolute Gasteiger partial charge is 0.368 e. The molecule has 0 spiro atoms. The van der Waals surface area contributed by atoms with Crippen molar-refractivity contribution in [2.45, 2.75) is 6.92 Å². The number of aryl methyl sites for hydroxylation is 1. The van der Waals surface area contributed by atoms with Gasteiger partial charge in [-0.1, -0.05) is 0 Å². The molecule has 1 heterocycles. The number of ketones is 1. The Kier molecular flexibility index (Phi) is 2.42. The molecule has 5 nitrogen and oxygen atoms in total. The topological polar surface area (TPSA) is 80.5 Å². The van der Waals surface area contributed by atoms with Gasteiger partial charge in [0, 0.05) is 0 Å². The van der Waals surface area contributed by atoms with Crippen molar-refractivity contribution in [3.8, 4) is 0 Å². The summed E-state index contributed by atoms with van der Waals surface area (Å²) in [6.45, 7) is 1.17. The van der Waals surface area contributed by atoms with Gasteiger partial charge in [0.2, 0.25) is 5.91 Å². The summed E-state index contributed by atoms with van der Waals surface area (Å²) in [5, 5.41) is 0. The number of anilines is 1. The van der Waals surface area contributed by atoms with Crippen LogP contribution in [0, 0.1) is 12.7 Å². The summed E-state index contributed by atoms with van der Waals surface area (Å²) in [5.41, 5.74) is 5.66. The predicted molar refractivity (Wildman–Crippen MR) is 57.0 cm³/mol. The van der Waals surface area contributed by atoms with Gasteiger partial charge in [-0.05, 0) is 24.6 Å². The number of hydrogen-bond acceptors (Lipinski definition) is 3. The van der Waals surface area contributed by atoms with Gasteiger partial charge < -0.3 is 5.73 Å². The highest BCUT2D eigenvalue weighted by Crippen LogP contribution is 2.32. The number of fused-ring (bicyclic) bond motifs is 1. The summed E-state index contributed by atoms with van der Waals surface area (Å²) in [7, 11) is 0. The number of primary amides is 1. The van der Waals surface area contributed by atoms with Crippen molar-refractivity contribution >= 4 is 23.3 Å². The Balaban J connectivity index is 2.60. The number of benzene rings is 1. The van der Waals surface area contributed by atoms with Crippen molar-refractivity contribution in [3.63, 3.8) is 0 Å². The van der Waals surface area contributed by atoms with E-state index in [0.717, 1.165) is 11.0 Å². The lowest BCUT2D eigenvalue weighted by Crippen LogP contribution is -2.37. The lowest BCUT2D eigenvalue weighted by molar-refractivity contribution is -0.120. The second-order valence-electron chi connectivity index (χ2n) is 3.81. The Morgan fingerprint density at radius 1 is 1.41 bits per heavy atom. The molecule has 2 N–H and O–H groups in total. The third kappa shape index (κ3) is 1.67. The number of carbonyl (C=O) groups excluding carboxylic acids is 3. The van der Waals surface area contributed by atoms with Gasteiger partial charge in [-0.25, -0.2) is 4.39 Å². The molecule has 6 heteroatoms. The fourth-order valence-corrected chi connectivity index (χ4v) is 1.91. The van der Waals surface area contributed by atoms with Gasteiger partial charge in [0.15, 0.2) is 0 Å². The molecule has 0 fully saturated rings. The molecule has 0 bridgehead atoms. The van der Waals surface area contributed by atoms with E-state index in [0.29, 0.717) is 5.56 Å². The minimum absolute atomic E-state index is 0.0197. The minimum Gasteiger partial charge on any atom is -0.368 e. The second-order valence-corrected chi connectivity index (χ2v) is 3.81. The van der Waals surface area contributed by atoms with Crippen molar-refractivity contribution in [2.75, 3.05) is 11.4 Å². The normalized spacial score (nSPS) is 14.1. The molecule has 0 aromatic heterocycles. The van der Waals surface area contributed by atoms with E-state index in [1.54, 1.807) is 6.92 Å². The first kappa shape index (κ1) is 11.3. The molecule has 0 atom stereocenters. The molecule has 0 aliphatic carbocycles. The molecule has 2 rings (SSSR count). The van der Waals surface area contributed by atoms with Crippen molar-refractivity contribution in [2.24, 2.45) is 5.73 Å². The van der Waals surface area contributed by atoms with Gasteiger partial charge in [-0.2, -0.15) is 0 Å². The third-order valence-electron chi connectivity index (χ3n) is 2.53. The van der Waals surface area contributed by atoms with E-state index in [1.165, 1.54) is 6.07 Å². The van der Waals surface area contributed by atoms with Crippen LogP contribution < -0.4 is 10.6 Å². The molecule has 0 saturated heterocycles. The zero-order valence-corrected chi connectivity index (χ0v) is 8.99. The van der Waals surface area contributed by atoms with Gasteiger partial charge in [-0.15, -0.1) is 0 Å². The number of hydrogen-bond donors (Lipinski definition) is 1. The molecule has 1 aliphatic rings. The highest BCUT2D eigenvalue weighted by molar-refractivity contribution is 6.52. The Hall–Kier alpha value is -2.24. The van der Waals surface area contributed by atoms with Crippen LogP contribution in [0.3, 0.4) is 0 Å². The molecule has 1 aliphatic heterocycles. The lowest BCUT2D eigenvalue weighted by Gasteiger charge is -2.16. The number of Topliss-reactive ketones (excluding diaryl/α,β-unsaturated/α-hetero) is 1. The van der Waals surface area contributed by atoms with E-state index in [-0.39, 0.29) is 17.8 Å². The van der Waals surface area contributed by atoms with Crippen molar-refractivity contribution in [1.82, 2.24) is 0 Å². The van der Waals surface area contributed by atoms with E-state index < -0.39 is 23.4 Å². The molecule has 17 heavy (non-hydrogen) atoms. The Morgan fingerprint density at radius 3 is 2.65 bits per heavy atom. The monoisotopic (exact) mass is 236 g/mol. The molecule has 88 valence electrons. The maximum atomic E-state index is 13.1. The zero-order valence-electron chi connectivity index (χ0n) is 8.99. The van der Waals surface area contributed by atoms with Gasteiger partial charge in [0.05, 0.1) is 11.3 Å². The van der Waals surface area contributed by atoms with Crippen molar-refractivity contribution in [3.05, 3.63) is 29.1 Å². The first-order valence-electron chi connectivity index (χ1n) is 4.86. The maximum Gasteiger partial charge on any atom is 0.299 e. The van der Waals surface area contributed by atoms with Crippen LogP contribution in [-0.2, 0) is 9.59 Å². The Labute approximate surface area is 96.0 Å². The van der Waals surface area contributed by atoms with Gasteiger partial charge in [0.25, 0.3) is 11.7 Å². The summed E-state index contributed by atoms with van der Waals surface area (Å²) in [6, 6.07) is 2.18. The number of rotatable bonds is 2. The Morgan fingerprint density at radius 2 is 2.06 bits per heavy atom. The van der Waals surface area contributed by atoms with Crippen LogP contribution in [0.1, 0.15) is 15.9 Å². The van der Waals surface area contributed by atoms with Crippen molar-refractivity contribution < 1.29 is 18.8 Å². The number of nitrogens with zero attached hydrogens (tertiary/aromatic N) is 1. The fourth-order valence-electron chi connectivity index (χ4n) is 1.91. The molecule has 2 amide bonds. The highest BCUT2D eigenvalue weighted by Gasteiger charge is 2.38. The van der Waals surface area contributed by atoms with Gasteiger partial charge >= 0.3 is 0 Å². The average molecular weight is 236 g/mol. The molecule has 0 saturated carbocycles. The first-order chi connectivity index (χ1) is 7.91. The lowest BCUT2D eigenvalue weighted by atomic mass is 10.1. The van der Waals surface area contributed by atoms with Crippen LogP contribution >= 0.6 is 0 Å². The smallest absolute Gasteiger partial charge is 0.299 e. The fraction of sp³-hybridized carbons (Fsp3) is 0.182. The number of carbonyl (C=O) groups is 3. The molecular formula is C11H9FN2O3. The van der Waals surface area contributed by atoms with E-state index >= 15 is 0 Å². The average Bonchev–Trinajstić information content (AvgIpc) is 2.43. The first-order valence-corrected chi connectivity index (χ1v) is 4.86. The quantitative estimate of drug-likeness (QED) is 0.742. The van der Waals surface area contributed by atoms with Crippen molar-refractivity contribution in [1.29, 1.82) is 0 Å². The number of halogens is 1. The molecule has 1 aromatic rings. The molecule has 0 unspecified atom stereocenters. The third-order valence-corrected chi connectivity index (χ3v) is 2.53. The number of amides is 2. The van der Waals surface area contributed by atoms with E-state index in [9.17, 15) is 18.8 Å². The van der Waals surface area contributed by atoms with E-state index in [2.05, 4.69) is 0 Å². The predicted octanol–water partition coefficient (Wildman–Crippen LogP) is 0.149. The second kappa shape index (κ2) is 3.65. The summed E-state index contributed by atoms with van der Waals surface area (Å²) in [5.74, 6) is -3.00. The van der Waals surface area contributed by atoms with E-state index in [4.69, 9.17) is 5.73 Å². The van der Waals surface area contributed by atoms with Gasteiger partial charge in [-0.3, -0.25) is 19.3 Å². The maximum absolute atomic E-state index is 13.1. The van der Waals surface area contributed by atoms with Gasteiger partial charge in [0.1, 0.15) is 12.4 Å². The molecular weight excluding hydrogens is 227 g/mol. The minimum atomic E-state index is -0.854. The SMILES string of the molecule is Cc1cc(F)cc2c1N(CC(N)=O)C(=O)C2=O. The highest BCUT2D eigenvalue weighted by atomic mass is 19.1. The van der Waals surface area contributed by atoms with Crippen LogP contribution in [0.4, 0.5) is 10.1 Å². The molecule has 1 aromatic carbocycles. The zero-order chi connectivity index (χ0) is 12.7. The summed E-state index contributed by atoms with van der Waals surface area (Å²) in [6.07, 6.45) is 0.